The molecule has 0 saturated carbocycles. The smallest absolute Gasteiger partial charge is 0.254 e. The van der Waals surface area contributed by atoms with Crippen LogP contribution >= 0.6 is 11.8 Å². The van der Waals surface area contributed by atoms with Gasteiger partial charge < -0.3 is 5.32 Å². The van der Waals surface area contributed by atoms with Crippen molar-refractivity contribution in [2.45, 2.75) is 18.6 Å². The first-order chi connectivity index (χ1) is 7.72. The molecule has 1 aromatic rings. The minimum atomic E-state index is -0.139. The molecular formula is C10H13N3O2S. The molecule has 0 spiro atoms. The van der Waals surface area contributed by atoms with Gasteiger partial charge in [-0.3, -0.25) is 14.2 Å². The van der Waals surface area contributed by atoms with E-state index in [1.165, 1.54) is 24.0 Å². The van der Waals surface area contributed by atoms with E-state index in [0.29, 0.717) is 24.0 Å². The van der Waals surface area contributed by atoms with E-state index in [0.717, 1.165) is 0 Å². The lowest BCUT2D eigenvalue weighted by molar-refractivity contribution is -0.124. The largest absolute Gasteiger partial charge is 0.356 e. The van der Waals surface area contributed by atoms with Gasteiger partial charge in [-0.1, -0.05) is 11.8 Å². The maximum absolute atomic E-state index is 11.7. The lowest BCUT2D eigenvalue weighted by Crippen LogP contribution is -2.39. The Hall–Kier alpha value is -1.30. The summed E-state index contributed by atoms with van der Waals surface area (Å²) in [6.45, 7) is 2.94. The SMILES string of the molecule is CCNC(=O)C1CSc2nccc(=O)n2C1. The molecule has 16 heavy (non-hydrogen) atoms. The molecule has 2 heterocycles. The zero-order valence-electron chi connectivity index (χ0n) is 8.97. The number of amides is 1. The Bertz CT molecular complexity index is 458. The molecule has 1 aromatic heterocycles. The van der Waals surface area contributed by atoms with Crippen molar-refractivity contribution in [2.24, 2.45) is 5.92 Å². The molecule has 86 valence electrons. The molecule has 0 fully saturated rings. The van der Waals surface area contributed by atoms with Crippen LogP contribution in [-0.2, 0) is 11.3 Å². The lowest BCUT2D eigenvalue weighted by atomic mass is 10.1. The number of carbonyl (C=O) groups excluding carboxylic acids is 1. The molecule has 5 nitrogen and oxygen atoms in total. The third-order valence-corrected chi connectivity index (χ3v) is 3.59. The van der Waals surface area contributed by atoms with E-state index in [1.54, 1.807) is 4.57 Å². The monoisotopic (exact) mass is 239 g/mol. The van der Waals surface area contributed by atoms with Crippen LogP contribution in [0, 0.1) is 5.92 Å². The third-order valence-electron chi connectivity index (χ3n) is 2.44. The quantitative estimate of drug-likeness (QED) is 0.744. The molecule has 0 radical (unpaired) electrons. The zero-order chi connectivity index (χ0) is 11.5. The molecule has 1 atom stereocenters. The van der Waals surface area contributed by atoms with E-state index < -0.39 is 0 Å². The zero-order valence-corrected chi connectivity index (χ0v) is 9.79. The third kappa shape index (κ3) is 2.11. The van der Waals surface area contributed by atoms with Crippen LogP contribution in [0.1, 0.15) is 6.92 Å². The molecule has 0 aromatic carbocycles. The van der Waals surface area contributed by atoms with Gasteiger partial charge in [-0.15, -0.1) is 0 Å². The van der Waals surface area contributed by atoms with Gasteiger partial charge in [0.05, 0.1) is 5.92 Å². The highest BCUT2D eigenvalue weighted by atomic mass is 32.2. The van der Waals surface area contributed by atoms with Gasteiger partial charge in [-0.05, 0) is 6.92 Å². The number of hydrogen-bond donors (Lipinski definition) is 1. The second kappa shape index (κ2) is 4.69. The summed E-state index contributed by atoms with van der Waals surface area (Å²) in [5, 5.41) is 3.48. The molecule has 1 aliphatic heterocycles. The molecular weight excluding hydrogens is 226 g/mol. The van der Waals surface area contributed by atoms with Crippen LogP contribution in [-0.4, -0.2) is 27.8 Å². The minimum Gasteiger partial charge on any atom is -0.356 e. The summed E-state index contributed by atoms with van der Waals surface area (Å²) in [4.78, 5) is 27.3. The molecule has 1 aliphatic rings. The van der Waals surface area contributed by atoms with Crippen molar-refractivity contribution in [3.63, 3.8) is 0 Å². The molecule has 2 rings (SSSR count). The molecule has 1 amide bonds. The Balaban J connectivity index is 2.20. The Kier molecular flexibility index (Phi) is 3.28. The van der Waals surface area contributed by atoms with Gasteiger partial charge in [-0.2, -0.15) is 0 Å². The summed E-state index contributed by atoms with van der Waals surface area (Å²) in [7, 11) is 0. The highest BCUT2D eigenvalue weighted by Crippen LogP contribution is 2.24. The number of carbonyl (C=O) groups is 1. The summed E-state index contributed by atoms with van der Waals surface area (Å²) >= 11 is 1.46. The lowest BCUT2D eigenvalue weighted by Gasteiger charge is -2.23. The Morgan fingerprint density at radius 3 is 3.31 bits per heavy atom. The van der Waals surface area contributed by atoms with E-state index in [9.17, 15) is 9.59 Å². The minimum absolute atomic E-state index is 0.0106. The predicted octanol–water partition coefficient (Wildman–Crippen LogP) is 0.101. The van der Waals surface area contributed by atoms with E-state index >= 15 is 0 Å². The fraction of sp³-hybridized carbons (Fsp3) is 0.500. The maximum atomic E-state index is 11.7. The van der Waals surface area contributed by atoms with Crippen molar-refractivity contribution in [1.29, 1.82) is 0 Å². The predicted molar refractivity (Wildman–Crippen MR) is 61.4 cm³/mol. The van der Waals surface area contributed by atoms with Crippen LogP contribution in [0.4, 0.5) is 0 Å². The van der Waals surface area contributed by atoms with Gasteiger partial charge in [0.25, 0.3) is 5.56 Å². The van der Waals surface area contributed by atoms with Crippen molar-refractivity contribution >= 4 is 17.7 Å². The van der Waals surface area contributed by atoms with Crippen molar-refractivity contribution < 1.29 is 4.79 Å². The van der Waals surface area contributed by atoms with Crippen molar-refractivity contribution in [1.82, 2.24) is 14.9 Å². The van der Waals surface area contributed by atoms with E-state index in [1.807, 2.05) is 6.92 Å². The number of rotatable bonds is 2. The van der Waals surface area contributed by atoms with Crippen LogP contribution in [0.5, 0.6) is 0 Å². The topological polar surface area (TPSA) is 64.0 Å². The highest BCUT2D eigenvalue weighted by Gasteiger charge is 2.25. The van der Waals surface area contributed by atoms with Gasteiger partial charge in [0.2, 0.25) is 5.91 Å². The first kappa shape index (κ1) is 11.2. The average molecular weight is 239 g/mol. The summed E-state index contributed by atoms with van der Waals surface area (Å²) in [6, 6.07) is 1.42. The number of thioether (sulfide) groups is 1. The number of hydrogen-bond acceptors (Lipinski definition) is 4. The van der Waals surface area contributed by atoms with E-state index in [-0.39, 0.29) is 17.4 Å². The summed E-state index contributed by atoms with van der Waals surface area (Å²) in [6.07, 6.45) is 1.51. The molecule has 0 bridgehead atoms. The van der Waals surface area contributed by atoms with Crippen LogP contribution in [0.25, 0.3) is 0 Å². The Morgan fingerprint density at radius 1 is 1.75 bits per heavy atom. The van der Waals surface area contributed by atoms with Crippen molar-refractivity contribution in [2.75, 3.05) is 12.3 Å². The number of nitrogens with one attached hydrogen (secondary N) is 1. The van der Waals surface area contributed by atoms with Crippen LogP contribution in [0.2, 0.25) is 0 Å². The van der Waals surface area contributed by atoms with Gasteiger partial charge in [-0.25, -0.2) is 4.98 Å². The summed E-state index contributed by atoms with van der Waals surface area (Å²) in [5.74, 6) is 0.554. The number of aromatic nitrogens is 2. The van der Waals surface area contributed by atoms with E-state index in [4.69, 9.17) is 0 Å². The Morgan fingerprint density at radius 2 is 2.56 bits per heavy atom. The van der Waals surface area contributed by atoms with Gasteiger partial charge in [0.1, 0.15) is 0 Å². The highest BCUT2D eigenvalue weighted by molar-refractivity contribution is 7.99. The second-order valence-electron chi connectivity index (χ2n) is 3.58. The van der Waals surface area contributed by atoms with Crippen LogP contribution in [0.15, 0.2) is 22.2 Å². The first-order valence-corrected chi connectivity index (χ1v) is 6.17. The van der Waals surface area contributed by atoms with Gasteiger partial charge in [0, 0.05) is 31.1 Å². The number of nitrogens with zero attached hydrogens (tertiary/aromatic N) is 2. The number of fused-ring (bicyclic) bond motifs is 1. The van der Waals surface area contributed by atoms with E-state index in [2.05, 4.69) is 10.3 Å². The molecule has 6 heteroatoms. The molecule has 1 N–H and O–H groups in total. The van der Waals surface area contributed by atoms with Crippen LogP contribution < -0.4 is 10.9 Å². The standard InChI is InChI=1S/C10H13N3O2S/c1-2-11-9(15)7-5-13-8(14)3-4-12-10(13)16-6-7/h3-4,7H,2,5-6H2,1H3,(H,11,15). The molecule has 0 saturated heterocycles. The first-order valence-electron chi connectivity index (χ1n) is 5.18. The maximum Gasteiger partial charge on any atom is 0.254 e. The molecule has 1 unspecified atom stereocenters. The second-order valence-corrected chi connectivity index (χ2v) is 4.57. The fourth-order valence-corrected chi connectivity index (χ4v) is 2.69. The summed E-state index contributed by atoms with van der Waals surface area (Å²) in [5.41, 5.74) is -0.0912. The normalized spacial score (nSPS) is 18.9. The van der Waals surface area contributed by atoms with Crippen molar-refractivity contribution in [3.05, 3.63) is 22.6 Å². The van der Waals surface area contributed by atoms with Crippen LogP contribution in [0.3, 0.4) is 0 Å². The van der Waals surface area contributed by atoms with Gasteiger partial charge in [0.15, 0.2) is 5.16 Å². The Labute approximate surface area is 97.3 Å². The fourth-order valence-electron chi connectivity index (χ4n) is 1.63. The molecule has 0 aliphatic carbocycles. The average Bonchev–Trinajstić information content (AvgIpc) is 2.29. The van der Waals surface area contributed by atoms with Gasteiger partial charge >= 0.3 is 0 Å². The summed E-state index contributed by atoms with van der Waals surface area (Å²) < 4.78 is 1.56. The van der Waals surface area contributed by atoms with Crippen molar-refractivity contribution in [3.8, 4) is 0 Å².